The monoisotopic (exact) mass is 269 g/mol. The number of aliphatic imine (C=N–C) groups is 1. The van der Waals surface area contributed by atoms with E-state index in [9.17, 15) is 0 Å². The molecular formula is C13H20ClN3O. The molecule has 0 radical (unpaired) electrons. The highest BCUT2D eigenvalue weighted by Gasteiger charge is 2.03. The third-order valence-corrected chi connectivity index (χ3v) is 2.57. The van der Waals surface area contributed by atoms with E-state index < -0.39 is 0 Å². The molecule has 0 bridgehead atoms. The Morgan fingerprint density at radius 2 is 1.94 bits per heavy atom. The minimum Gasteiger partial charge on any atom is -0.496 e. The second kappa shape index (κ2) is 7.82. The van der Waals surface area contributed by atoms with Crippen molar-refractivity contribution in [2.75, 3.05) is 20.2 Å². The summed E-state index contributed by atoms with van der Waals surface area (Å²) in [7, 11) is 1.64. The first-order valence-corrected chi connectivity index (χ1v) is 6.43. The maximum absolute atomic E-state index is 5.98. The molecule has 2 N–H and O–H groups in total. The first-order valence-electron chi connectivity index (χ1n) is 6.05. The SMILES string of the molecule is CCNC(=NCc1cc(Cl)ccc1OC)NCC. The molecular weight excluding hydrogens is 250 g/mol. The first-order chi connectivity index (χ1) is 8.71. The Hall–Kier alpha value is -1.42. The Morgan fingerprint density at radius 3 is 2.50 bits per heavy atom. The maximum Gasteiger partial charge on any atom is 0.191 e. The van der Waals surface area contributed by atoms with Crippen molar-refractivity contribution in [3.8, 4) is 5.75 Å². The van der Waals surface area contributed by atoms with Gasteiger partial charge in [0, 0.05) is 23.7 Å². The summed E-state index contributed by atoms with van der Waals surface area (Å²) in [4.78, 5) is 4.48. The Bertz CT molecular complexity index is 399. The van der Waals surface area contributed by atoms with E-state index in [0.717, 1.165) is 30.4 Å². The van der Waals surface area contributed by atoms with Gasteiger partial charge in [0.25, 0.3) is 0 Å². The number of hydrogen-bond donors (Lipinski definition) is 2. The van der Waals surface area contributed by atoms with Crippen molar-refractivity contribution in [3.05, 3.63) is 28.8 Å². The van der Waals surface area contributed by atoms with Gasteiger partial charge >= 0.3 is 0 Å². The second-order valence-electron chi connectivity index (χ2n) is 3.68. The van der Waals surface area contributed by atoms with Crippen molar-refractivity contribution < 1.29 is 4.74 Å². The van der Waals surface area contributed by atoms with Gasteiger partial charge in [-0.05, 0) is 32.0 Å². The van der Waals surface area contributed by atoms with Gasteiger partial charge in [-0.2, -0.15) is 0 Å². The predicted molar refractivity (Wildman–Crippen MR) is 76.5 cm³/mol. The zero-order chi connectivity index (χ0) is 13.4. The molecule has 0 aliphatic rings. The van der Waals surface area contributed by atoms with Gasteiger partial charge in [0.05, 0.1) is 13.7 Å². The van der Waals surface area contributed by atoms with Crippen LogP contribution >= 0.6 is 11.6 Å². The highest BCUT2D eigenvalue weighted by molar-refractivity contribution is 6.30. The third-order valence-electron chi connectivity index (χ3n) is 2.34. The lowest BCUT2D eigenvalue weighted by atomic mass is 10.2. The predicted octanol–water partition coefficient (Wildman–Crippen LogP) is 2.42. The van der Waals surface area contributed by atoms with E-state index in [1.165, 1.54) is 0 Å². The summed E-state index contributed by atoms with van der Waals surface area (Å²) in [5, 5.41) is 7.03. The average Bonchev–Trinajstić information content (AvgIpc) is 2.36. The number of nitrogens with one attached hydrogen (secondary N) is 2. The van der Waals surface area contributed by atoms with E-state index in [4.69, 9.17) is 16.3 Å². The lowest BCUT2D eigenvalue weighted by Gasteiger charge is -2.10. The van der Waals surface area contributed by atoms with Crippen LogP contribution in [0.1, 0.15) is 19.4 Å². The number of nitrogens with zero attached hydrogens (tertiary/aromatic N) is 1. The zero-order valence-corrected chi connectivity index (χ0v) is 11.8. The molecule has 1 aromatic carbocycles. The van der Waals surface area contributed by atoms with E-state index in [1.807, 2.05) is 32.0 Å². The molecule has 0 saturated heterocycles. The van der Waals surface area contributed by atoms with Gasteiger partial charge < -0.3 is 15.4 Å². The Labute approximate surface area is 113 Å². The highest BCUT2D eigenvalue weighted by atomic mass is 35.5. The highest BCUT2D eigenvalue weighted by Crippen LogP contribution is 2.23. The molecule has 18 heavy (non-hydrogen) atoms. The summed E-state index contributed by atoms with van der Waals surface area (Å²) in [6.45, 7) is 6.26. The van der Waals surface area contributed by atoms with Crippen molar-refractivity contribution in [1.29, 1.82) is 0 Å². The molecule has 4 nitrogen and oxygen atoms in total. The zero-order valence-electron chi connectivity index (χ0n) is 11.1. The van der Waals surface area contributed by atoms with Crippen LogP contribution in [0.5, 0.6) is 5.75 Å². The van der Waals surface area contributed by atoms with Crippen LogP contribution in [-0.4, -0.2) is 26.2 Å². The molecule has 0 aliphatic heterocycles. The molecule has 0 saturated carbocycles. The Morgan fingerprint density at radius 1 is 1.28 bits per heavy atom. The fraction of sp³-hybridized carbons (Fsp3) is 0.462. The normalized spacial score (nSPS) is 9.78. The average molecular weight is 270 g/mol. The van der Waals surface area contributed by atoms with Crippen LogP contribution in [0.2, 0.25) is 5.02 Å². The summed E-state index contributed by atoms with van der Waals surface area (Å²) >= 11 is 5.98. The molecule has 0 spiro atoms. The van der Waals surface area contributed by atoms with Crippen molar-refractivity contribution in [2.45, 2.75) is 20.4 Å². The summed E-state index contributed by atoms with van der Waals surface area (Å²) in [6, 6.07) is 5.54. The summed E-state index contributed by atoms with van der Waals surface area (Å²) in [5.41, 5.74) is 0.971. The number of halogens is 1. The van der Waals surface area contributed by atoms with Crippen molar-refractivity contribution >= 4 is 17.6 Å². The lowest BCUT2D eigenvalue weighted by Crippen LogP contribution is -2.36. The number of ether oxygens (including phenoxy) is 1. The van der Waals surface area contributed by atoms with E-state index >= 15 is 0 Å². The molecule has 0 atom stereocenters. The number of guanidine groups is 1. The number of benzene rings is 1. The summed E-state index contributed by atoms with van der Waals surface area (Å²) in [6.07, 6.45) is 0. The largest absolute Gasteiger partial charge is 0.496 e. The number of rotatable bonds is 5. The van der Waals surface area contributed by atoms with E-state index in [2.05, 4.69) is 15.6 Å². The molecule has 100 valence electrons. The number of hydrogen-bond acceptors (Lipinski definition) is 2. The topological polar surface area (TPSA) is 45.7 Å². The van der Waals surface area contributed by atoms with Crippen LogP contribution in [0.15, 0.2) is 23.2 Å². The van der Waals surface area contributed by atoms with Crippen molar-refractivity contribution in [2.24, 2.45) is 4.99 Å². The molecule has 0 fully saturated rings. The van der Waals surface area contributed by atoms with Gasteiger partial charge in [0.2, 0.25) is 0 Å². The van der Waals surface area contributed by atoms with E-state index in [1.54, 1.807) is 7.11 Å². The van der Waals surface area contributed by atoms with E-state index in [-0.39, 0.29) is 0 Å². The first kappa shape index (κ1) is 14.6. The summed E-state index contributed by atoms with van der Waals surface area (Å²) < 4.78 is 5.28. The molecule has 0 amide bonds. The summed E-state index contributed by atoms with van der Waals surface area (Å²) in [5.74, 6) is 1.59. The number of methoxy groups -OCH3 is 1. The van der Waals surface area contributed by atoms with Crippen LogP contribution in [-0.2, 0) is 6.54 Å². The quantitative estimate of drug-likeness (QED) is 0.637. The van der Waals surface area contributed by atoms with Crippen LogP contribution < -0.4 is 15.4 Å². The minimum absolute atomic E-state index is 0.527. The van der Waals surface area contributed by atoms with Gasteiger partial charge in [-0.3, -0.25) is 0 Å². The Balaban J connectivity index is 2.81. The third kappa shape index (κ3) is 4.45. The smallest absolute Gasteiger partial charge is 0.191 e. The fourth-order valence-electron chi connectivity index (χ4n) is 1.54. The molecule has 5 heteroatoms. The van der Waals surface area contributed by atoms with Gasteiger partial charge in [-0.1, -0.05) is 11.6 Å². The van der Waals surface area contributed by atoms with Gasteiger partial charge in [-0.15, -0.1) is 0 Å². The molecule has 1 rings (SSSR count). The Kier molecular flexibility index (Phi) is 6.36. The van der Waals surface area contributed by atoms with Crippen LogP contribution in [0, 0.1) is 0 Å². The van der Waals surface area contributed by atoms with Crippen LogP contribution in [0.3, 0.4) is 0 Å². The molecule has 1 aromatic rings. The van der Waals surface area contributed by atoms with Crippen LogP contribution in [0.25, 0.3) is 0 Å². The molecule has 0 unspecified atom stereocenters. The standard InChI is InChI=1S/C13H20ClN3O/c1-4-15-13(16-5-2)17-9-10-8-11(14)6-7-12(10)18-3/h6-8H,4-5,9H2,1-3H3,(H2,15,16,17). The lowest BCUT2D eigenvalue weighted by molar-refractivity contribution is 0.410. The minimum atomic E-state index is 0.527. The van der Waals surface area contributed by atoms with Gasteiger partial charge in [0.1, 0.15) is 5.75 Å². The maximum atomic E-state index is 5.98. The van der Waals surface area contributed by atoms with Crippen LogP contribution in [0.4, 0.5) is 0 Å². The van der Waals surface area contributed by atoms with Crippen molar-refractivity contribution in [1.82, 2.24) is 10.6 Å². The van der Waals surface area contributed by atoms with Gasteiger partial charge in [0.15, 0.2) is 5.96 Å². The van der Waals surface area contributed by atoms with Crippen molar-refractivity contribution in [3.63, 3.8) is 0 Å². The second-order valence-corrected chi connectivity index (χ2v) is 4.12. The fourth-order valence-corrected chi connectivity index (χ4v) is 1.74. The van der Waals surface area contributed by atoms with Gasteiger partial charge in [-0.25, -0.2) is 4.99 Å². The molecule has 0 aliphatic carbocycles. The van der Waals surface area contributed by atoms with E-state index in [0.29, 0.717) is 11.6 Å². The molecule has 0 aromatic heterocycles. The molecule has 0 heterocycles.